The third-order valence-electron chi connectivity index (χ3n) is 3.00. The van der Waals surface area contributed by atoms with Crippen molar-refractivity contribution in [2.75, 3.05) is 19.0 Å². The number of hydrogen-bond acceptors (Lipinski definition) is 3. The van der Waals surface area contributed by atoms with Gasteiger partial charge in [-0.3, -0.25) is 0 Å². The van der Waals surface area contributed by atoms with Gasteiger partial charge in [0.15, 0.2) is 11.6 Å². The highest BCUT2D eigenvalue weighted by Crippen LogP contribution is 2.28. The molecule has 2 aromatic carbocycles. The number of anilines is 1. The molecule has 1 N–H and O–H groups in total. The van der Waals surface area contributed by atoms with E-state index in [1.54, 1.807) is 19.1 Å². The van der Waals surface area contributed by atoms with Gasteiger partial charge in [0.05, 0.1) is 6.10 Å². The van der Waals surface area contributed by atoms with E-state index in [9.17, 15) is 9.50 Å². The van der Waals surface area contributed by atoms with E-state index < -0.39 is 11.9 Å². The van der Waals surface area contributed by atoms with Crippen LogP contribution in [0.3, 0.4) is 0 Å². The van der Waals surface area contributed by atoms with Gasteiger partial charge < -0.3 is 14.7 Å². The molecule has 0 aliphatic rings. The van der Waals surface area contributed by atoms with Crippen molar-refractivity contribution in [1.82, 2.24) is 0 Å². The first kappa shape index (κ1) is 14.3. The molecular formula is C16H18FNO2. The summed E-state index contributed by atoms with van der Waals surface area (Å²) >= 11 is 0. The molecule has 2 rings (SSSR count). The average Bonchev–Trinajstić information content (AvgIpc) is 2.41. The Morgan fingerprint density at radius 2 is 1.90 bits per heavy atom. The standard InChI is InChI=1S/C16H18FNO2/c1-11(19)12-7-8-16(15(17)9-12)20-14-6-4-5-13(10-14)18(2)3/h4-11,19H,1-3H3/t11-/m1/s1. The maximum atomic E-state index is 13.9. The molecule has 0 aliphatic carbocycles. The Morgan fingerprint density at radius 1 is 1.15 bits per heavy atom. The predicted octanol–water partition coefficient (Wildman–Crippen LogP) is 3.74. The molecule has 1 atom stereocenters. The lowest BCUT2D eigenvalue weighted by Gasteiger charge is -2.14. The maximum absolute atomic E-state index is 13.9. The number of halogens is 1. The van der Waals surface area contributed by atoms with Crippen LogP contribution in [0.5, 0.6) is 11.5 Å². The molecule has 0 aliphatic heterocycles. The number of benzene rings is 2. The molecule has 0 unspecified atom stereocenters. The fourth-order valence-corrected chi connectivity index (χ4v) is 1.81. The van der Waals surface area contributed by atoms with Gasteiger partial charge in [0, 0.05) is 25.8 Å². The first-order chi connectivity index (χ1) is 9.47. The van der Waals surface area contributed by atoms with Crippen LogP contribution in [0.1, 0.15) is 18.6 Å². The van der Waals surface area contributed by atoms with Crippen LogP contribution < -0.4 is 9.64 Å². The minimum absolute atomic E-state index is 0.144. The molecule has 0 fully saturated rings. The molecule has 2 aromatic rings. The molecule has 0 heterocycles. The van der Waals surface area contributed by atoms with Gasteiger partial charge in [-0.15, -0.1) is 0 Å². The Bertz CT molecular complexity index is 597. The van der Waals surface area contributed by atoms with Gasteiger partial charge in [-0.05, 0) is 36.8 Å². The van der Waals surface area contributed by atoms with Crippen LogP contribution in [0.15, 0.2) is 42.5 Å². The largest absolute Gasteiger partial charge is 0.454 e. The van der Waals surface area contributed by atoms with Crippen LogP contribution in [0.25, 0.3) is 0 Å². The highest BCUT2D eigenvalue weighted by atomic mass is 19.1. The number of hydrogen-bond donors (Lipinski definition) is 1. The third kappa shape index (κ3) is 3.27. The molecule has 0 radical (unpaired) electrons. The quantitative estimate of drug-likeness (QED) is 0.922. The van der Waals surface area contributed by atoms with E-state index >= 15 is 0 Å². The summed E-state index contributed by atoms with van der Waals surface area (Å²) in [5.41, 5.74) is 1.50. The van der Waals surface area contributed by atoms with E-state index in [0.29, 0.717) is 11.3 Å². The highest BCUT2D eigenvalue weighted by molar-refractivity contribution is 5.50. The van der Waals surface area contributed by atoms with Crippen LogP contribution in [-0.2, 0) is 0 Å². The Hall–Kier alpha value is -2.07. The summed E-state index contributed by atoms with van der Waals surface area (Å²) in [7, 11) is 3.86. The number of aliphatic hydroxyl groups excluding tert-OH is 1. The van der Waals surface area contributed by atoms with E-state index in [4.69, 9.17) is 4.74 Å². The fourth-order valence-electron chi connectivity index (χ4n) is 1.81. The highest BCUT2D eigenvalue weighted by Gasteiger charge is 2.09. The monoisotopic (exact) mass is 275 g/mol. The number of nitrogens with zero attached hydrogens (tertiary/aromatic N) is 1. The summed E-state index contributed by atoms with van der Waals surface area (Å²) in [4.78, 5) is 1.94. The smallest absolute Gasteiger partial charge is 0.166 e. The zero-order valence-electron chi connectivity index (χ0n) is 11.8. The van der Waals surface area contributed by atoms with Gasteiger partial charge in [-0.25, -0.2) is 4.39 Å². The van der Waals surface area contributed by atoms with Crippen molar-refractivity contribution in [1.29, 1.82) is 0 Å². The molecule has 4 heteroatoms. The molecule has 0 bridgehead atoms. The van der Waals surface area contributed by atoms with Crippen LogP contribution in [-0.4, -0.2) is 19.2 Å². The van der Waals surface area contributed by atoms with Gasteiger partial charge in [0.1, 0.15) is 5.75 Å². The molecule has 0 aromatic heterocycles. The molecule has 0 saturated carbocycles. The first-order valence-electron chi connectivity index (χ1n) is 6.40. The third-order valence-corrected chi connectivity index (χ3v) is 3.00. The molecule has 0 saturated heterocycles. The number of ether oxygens (including phenoxy) is 1. The summed E-state index contributed by atoms with van der Waals surface area (Å²) in [6, 6.07) is 11.9. The normalized spacial score (nSPS) is 12.1. The molecule has 106 valence electrons. The van der Waals surface area contributed by atoms with Crippen molar-refractivity contribution in [3.8, 4) is 11.5 Å². The first-order valence-corrected chi connectivity index (χ1v) is 6.40. The Kier molecular flexibility index (Phi) is 4.25. The van der Waals surface area contributed by atoms with Crippen molar-refractivity contribution in [2.45, 2.75) is 13.0 Å². The van der Waals surface area contributed by atoms with Gasteiger partial charge in [-0.1, -0.05) is 12.1 Å². The topological polar surface area (TPSA) is 32.7 Å². The summed E-state index contributed by atoms with van der Waals surface area (Å²) in [5, 5.41) is 9.41. The second kappa shape index (κ2) is 5.92. The van der Waals surface area contributed by atoms with Crippen molar-refractivity contribution in [3.05, 3.63) is 53.8 Å². The minimum Gasteiger partial charge on any atom is -0.454 e. The van der Waals surface area contributed by atoms with E-state index in [1.807, 2.05) is 37.2 Å². The van der Waals surface area contributed by atoms with Crippen LogP contribution in [0.4, 0.5) is 10.1 Å². The predicted molar refractivity (Wildman–Crippen MR) is 77.9 cm³/mol. The van der Waals surface area contributed by atoms with E-state index in [0.717, 1.165) is 5.69 Å². The second-order valence-corrected chi connectivity index (χ2v) is 4.86. The number of aliphatic hydroxyl groups is 1. The van der Waals surface area contributed by atoms with E-state index in [1.165, 1.54) is 12.1 Å². The van der Waals surface area contributed by atoms with E-state index in [2.05, 4.69) is 0 Å². The van der Waals surface area contributed by atoms with Gasteiger partial charge in [0.25, 0.3) is 0 Å². The molecule has 3 nitrogen and oxygen atoms in total. The molecular weight excluding hydrogens is 257 g/mol. The average molecular weight is 275 g/mol. The van der Waals surface area contributed by atoms with Crippen LogP contribution in [0, 0.1) is 5.82 Å². The van der Waals surface area contributed by atoms with Crippen molar-refractivity contribution in [3.63, 3.8) is 0 Å². The SMILES string of the molecule is C[C@@H](O)c1ccc(Oc2cccc(N(C)C)c2)c(F)c1. The lowest BCUT2D eigenvalue weighted by atomic mass is 10.1. The Morgan fingerprint density at radius 3 is 2.50 bits per heavy atom. The second-order valence-electron chi connectivity index (χ2n) is 4.86. The summed E-state index contributed by atoms with van der Waals surface area (Å²) in [5.74, 6) is 0.226. The lowest BCUT2D eigenvalue weighted by Crippen LogP contribution is -2.08. The van der Waals surface area contributed by atoms with Crippen LogP contribution >= 0.6 is 0 Å². The summed E-state index contributed by atoms with van der Waals surface area (Å²) in [6.07, 6.45) is -0.699. The van der Waals surface area contributed by atoms with Crippen molar-refractivity contribution < 1.29 is 14.2 Å². The summed E-state index contributed by atoms with van der Waals surface area (Å²) < 4.78 is 19.5. The fraction of sp³-hybridized carbons (Fsp3) is 0.250. The zero-order chi connectivity index (χ0) is 14.7. The van der Waals surface area contributed by atoms with Gasteiger partial charge in [0.2, 0.25) is 0 Å². The summed E-state index contributed by atoms with van der Waals surface area (Å²) in [6.45, 7) is 1.59. The van der Waals surface area contributed by atoms with Gasteiger partial charge in [-0.2, -0.15) is 0 Å². The maximum Gasteiger partial charge on any atom is 0.166 e. The molecule has 0 spiro atoms. The van der Waals surface area contributed by atoms with Gasteiger partial charge >= 0.3 is 0 Å². The van der Waals surface area contributed by atoms with Crippen LogP contribution in [0.2, 0.25) is 0 Å². The zero-order valence-corrected chi connectivity index (χ0v) is 11.8. The number of rotatable bonds is 4. The minimum atomic E-state index is -0.699. The molecule has 20 heavy (non-hydrogen) atoms. The van der Waals surface area contributed by atoms with Crippen molar-refractivity contribution >= 4 is 5.69 Å². The van der Waals surface area contributed by atoms with Crippen molar-refractivity contribution in [2.24, 2.45) is 0 Å². The lowest BCUT2D eigenvalue weighted by molar-refractivity contribution is 0.198. The Balaban J connectivity index is 2.24. The van der Waals surface area contributed by atoms with E-state index in [-0.39, 0.29) is 5.75 Å². The molecule has 0 amide bonds. The Labute approximate surface area is 118 Å².